The number of carbonyl (C=O) groups excluding carboxylic acids is 2. The fourth-order valence-corrected chi connectivity index (χ4v) is 6.10. The van der Waals surface area contributed by atoms with Crippen molar-refractivity contribution in [3.8, 4) is 0 Å². The van der Waals surface area contributed by atoms with Crippen molar-refractivity contribution in [1.82, 2.24) is 9.21 Å². The monoisotopic (exact) mass is 448 g/mol. The van der Waals surface area contributed by atoms with Crippen LogP contribution in [0.2, 0.25) is 0 Å². The van der Waals surface area contributed by atoms with Crippen molar-refractivity contribution in [2.45, 2.75) is 16.5 Å². The maximum Gasteiger partial charge on any atom is 0.268 e. The van der Waals surface area contributed by atoms with E-state index in [0.29, 0.717) is 11.1 Å². The first kappa shape index (κ1) is 20.4. The van der Waals surface area contributed by atoms with Gasteiger partial charge in [-0.15, -0.1) is 0 Å². The van der Waals surface area contributed by atoms with Gasteiger partial charge in [-0.25, -0.2) is 12.7 Å². The average molecular weight is 449 g/mol. The predicted molar refractivity (Wildman–Crippen MR) is 116 cm³/mol. The molecule has 8 heteroatoms. The second kappa shape index (κ2) is 7.58. The molecule has 2 aliphatic rings. The Morgan fingerprint density at radius 3 is 2.06 bits per heavy atom. The first-order valence-corrected chi connectivity index (χ1v) is 11.6. The Morgan fingerprint density at radius 2 is 1.44 bits per heavy atom. The number of β-lactam (4-membered cyclic amide) rings is 1. The fourth-order valence-electron chi connectivity index (χ4n) is 4.42. The van der Waals surface area contributed by atoms with Gasteiger partial charge in [-0.1, -0.05) is 66.7 Å². The van der Waals surface area contributed by atoms with E-state index in [-0.39, 0.29) is 24.1 Å². The number of nitrogens with zero attached hydrogens (tertiary/aromatic N) is 2. The maximum atomic E-state index is 13.6. The van der Waals surface area contributed by atoms with E-state index in [1.54, 1.807) is 72.8 Å². The van der Waals surface area contributed by atoms with Crippen molar-refractivity contribution >= 4 is 21.8 Å². The number of carbonyl (C=O) groups is 2. The van der Waals surface area contributed by atoms with Crippen LogP contribution in [-0.2, 0) is 19.6 Å². The molecule has 3 aromatic rings. The Balaban J connectivity index is 1.63. The Bertz CT molecular complexity index is 1270. The van der Waals surface area contributed by atoms with E-state index < -0.39 is 27.5 Å². The van der Waals surface area contributed by atoms with Gasteiger partial charge in [0.25, 0.3) is 21.8 Å². The molecule has 2 aliphatic heterocycles. The number of sulfonamides is 1. The largest absolute Gasteiger partial charge is 0.358 e. The summed E-state index contributed by atoms with van der Waals surface area (Å²) in [7, 11) is -4.14. The van der Waals surface area contributed by atoms with Crippen LogP contribution < -0.4 is 0 Å². The first-order valence-electron chi connectivity index (χ1n) is 10.1. The summed E-state index contributed by atoms with van der Waals surface area (Å²) in [5.41, 5.74) is -0.417. The smallest absolute Gasteiger partial charge is 0.268 e. The van der Waals surface area contributed by atoms with Gasteiger partial charge in [0.1, 0.15) is 12.8 Å². The minimum Gasteiger partial charge on any atom is -0.358 e. The maximum absolute atomic E-state index is 13.6. The molecule has 2 atom stereocenters. The molecule has 162 valence electrons. The van der Waals surface area contributed by atoms with Crippen LogP contribution in [-0.4, -0.2) is 48.3 Å². The van der Waals surface area contributed by atoms with Crippen LogP contribution in [0.3, 0.4) is 0 Å². The van der Waals surface area contributed by atoms with E-state index >= 15 is 0 Å². The molecule has 0 aromatic heterocycles. The zero-order chi connectivity index (χ0) is 22.3. The Kier molecular flexibility index (Phi) is 4.83. The zero-order valence-electron chi connectivity index (χ0n) is 17.0. The molecule has 2 amide bonds. The van der Waals surface area contributed by atoms with Crippen LogP contribution >= 0.6 is 0 Å². The molecule has 0 saturated carbocycles. The van der Waals surface area contributed by atoms with Gasteiger partial charge in [0, 0.05) is 5.56 Å². The van der Waals surface area contributed by atoms with Gasteiger partial charge in [-0.2, -0.15) is 0 Å². The molecular formula is C24H20N2O5S. The lowest BCUT2D eigenvalue weighted by atomic mass is 9.76. The molecule has 5 rings (SSSR count). The lowest BCUT2D eigenvalue weighted by Crippen LogP contribution is -2.76. The number of amides is 2. The van der Waals surface area contributed by atoms with Crippen LogP contribution in [0.1, 0.15) is 22.0 Å². The van der Waals surface area contributed by atoms with Gasteiger partial charge >= 0.3 is 0 Å². The highest BCUT2D eigenvalue weighted by Crippen LogP contribution is 2.52. The molecule has 2 saturated heterocycles. The predicted octanol–water partition coefficient (Wildman–Crippen LogP) is 2.83. The van der Waals surface area contributed by atoms with Crippen molar-refractivity contribution in [2.75, 3.05) is 13.3 Å². The third kappa shape index (κ3) is 2.87. The summed E-state index contributed by atoms with van der Waals surface area (Å²) in [6, 6.07) is 24.4. The minimum absolute atomic E-state index is 0.0176. The third-order valence-corrected chi connectivity index (χ3v) is 7.73. The van der Waals surface area contributed by atoms with Crippen LogP contribution in [0.5, 0.6) is 0 Å². The molecule has 3 aromatic carbocycles. The molecule has 0 unspecified atom stereocenters. The highest BCUT2D eigenvalue weighted by molar-refractivity contribution is 7.89. The van der Waals surface area contributed by atoms with Gasteiger partial charge in [0.2, 0.25) is 0 Å². The quantitative estimate of drug-likeness (QED) is 0.573. The first-order chi connectivity index (χ1) is 15.5. The minimum atomic E-state index is -4.14. The molecule has 0 radical (unpaired) electrons. The molecule has 32 heavy (non-hydrogen) atoms. The lowest BCUT2D eigenvalue weighted by Gasteiger charge is -2.55. The molecule has 2 heterocycles. The van der Waals surface area contributed by atoms with Gasteiger partial charge in [-0.3, -0.25) is 14.5 Å². The molecule has 0 aliphatic carbocycles. The Morgan fingerprint density at radius 1 is 0.875 bits per heavy atom. The fraction of sp³-hybridized carbons (Fsp3) is 0.167. The molecule has 2 fully saturated rings. The lowest BCUT2D eigenvalue weighted by molar-refractivity contribution is -0.158. The summed E-state index contributed by atoms with van der Waals surface area (Å²) in [5.74, 6) is -1.05. The average Bonchev–Trinajstić information content (AvgIpc) is 3.31. The highest BCUT2D eigenvalue weighted by Gasteiger charge is 2.71. The summed E-state index contributed by atoms with van der Waals surface area (Å²) >= 11 is 0. The van der Waals surface area contributed by atoms with Crippen LogP contribution in [0, 0.1) is 0 Å². The number of benzene rings is 3. The molecule has 0 bridgehead atoms. The molecular weight excluding hydrogens is 428 g/mol. The normalized spacial score (nSPS) is 22.8. The summed E-state index contributed by atoms with van der Waals surface area (Å²) in [6.07, 6.45) is 0. The van der Waals surface area contributed by atoms with Crippen LogP contribution in [0.15, 0.2) is 95.9 Å². The molecule has 7 nitrogen and oxygen atoms in total. The third-order valence-electron chi connectivity index (χ3n) is 5.96. The number of hydrogen-bond donors (Lipinski definition) is 0. The van der Waals surface area contributed by atoms with Crippen molar-refractivity contribution in [3.05, 3.63) is 102 Å². The van der Waals surface area contributed by atoms with E-state index in [9.17, 15) is 18.0 Å². The van der Waals surface area contributed by atoms with Crippen molar-refractivity contribution in [2.24, 2.45) is 0 Å². The Labute approximate surface area is 185 Å². The number of rotatable bonds is 4. The summed E-state index contributed by atoms with van der Waals surface area (Å²) < 4.78 is 33.4. The second-order valence-corrected chi connectivity index (χ2v) is 9.55. The van der Waals surface area contributed by atoms with E-state index in [2.05, 4.69) is 0 Å². The van der Waals surface area contributed by atoms with Gasteiger partial charge in [-0.05, 0) is 29.8 Å². The highest BCUT2D eigenvalue weighted by atomic mass is 32.2. The summed E-state index contributed by atoms with van der Waals surface area (Å²) in [4.78, 5) is 28.3. The second-order valence-electron chi connectivity index (χ2n) is 7.73. The topological polar surface area (TPSA) is 84.0 Å². The summed E-state index contributed by atoms with van der Waals surface area (Å²) in [6.45, 7) is -0.174. The van der Waals surface area contributed by atoms with E-state index in [4.69, 9.17) is 4.74 Å². The van der Waals surface area contributed by atoms with Crippen molar-refractivity contribution in [3.63, 3.8) is 0 Å². The van der Waals surface area contributed by atoms with Gasteiger partial charge in [0.05, 0.1) is 11.5 Å². The van der Waals surface area contributed by atoms with Crippen molar-refractivity contribution < 1.29 is 22.7 Å². The van der Waals surface area contributed by atoms with E-state index in [0.717, 1.165) is 4.31 Å². The SMILES string of the molecule is O=C(c1ccccc1)N1COC[C@]12C(=O)N(S(=O)(=O)c1ccccc1)[C@@H]2c1ccccc1. The Hall–Kier alpha value is -3.49. The van der Waals surface area contributed by atoms with Gasteiger partial charge < -0.3 is 4.74 Å². The van der Waals surface area contributed by atoms with Crippen LogP contribution in [0.4, 0.5) is 0 Å². The van der Waals surface area contributed by atoms with Gasteiger partial charge in [0.15, 0.2) is 5.54 Å². The molecule has 0 N–H and O–H groups in total. The van der Waals surface area contributed by atoms with E-state index in [1.807, 2.05) is 6.07 Å². The van der Waals surface area contributed by atoms with Crippen LogP contribution in [0.25, 0.3) is 0 Å². The zero-order valence-corrected chi connectivity index (χ0v) is 17.8. The number of hydrogen-bond acceptors (Lipinski definition) is 5. The standard InChI is InChI=1S/C24H20N2O5S/c27-22(19-12-6-2-7-13-19)25-17-31-16-24(25)21(18-10-4-1-5-11-18)26(23(24)28)32(29,30)20-14-8-3-9-15-20/h1-15,21H,16-17H2/t21-,24+/m1/s1. The number of ether oxygens (including phenoxy) is 1. The van der Waals surface area contributed by atoms with Crippen molar-refractivity contribution in [1.29, 1.82) is 0 Å². The summed E-state index contributed by atoms with van der Waals surface area (Å²) in [5, 5.41) is 0. The van der Waals surface area contributed by atoms with E-state index in [1.165, 1.54) is 17.0 Å². The molecule has 1 spiro atoms.